The molecule has 0 unspecified atom stereocenters. The van der Waals surface area contributed by atoms with Gasteiger partial charge in [0.25, 0.3) is 0 Å². The average molecular weight is 248 g/mol. The first-order chi connectivity index (χ1) is 8.66. The average Bonchev–Trinajstić information content (AvgIpc) is 2.34. The summed E-state index contributed by atoms with van der Waals surface area (Å²) in [6, 6.07) is 11.9. The molecule has 2 rings (SSSR count). The summed E-state index contributed by atoms with van der Waals surface area (Å²) < 4.78 is 26.9. The van der Waals surface area contributed by atoms with Crippen molar-refractivity contribution in [2.24, 2.45) is 0 Å². The van der Waals surface area contributed by atoms with Gasteiger partial charge in [0.15, 0.2) is 11.6 Å². The predicted octanol–water partition coefficient (Wildman–Crippen LogP) is 3.20. The molecule has 0 fully saturated rings. The lowest BCUT2D eigenvalue weighted by Crippen LogP contribution is -2.08. The van der Waals surface area contributed by atoms with E-state index in [2.05, 4.69) is 5.32 Å². The first-order valence-corrected chi connectivity index (χ1v) is 5.69. The summed E-state index contributed by atoms with van der Waals surface area (Å²) in [7, 11) is 0. The van der Waals surface area contributed by atoms with E-state index in [0.717, 1.165) is 17.7 Å². The molecule has 0 aliphatic rings. The predicted molar refractivity (Wildman–Crippen MR) is 69.4 cm³/mol. The van der Waals surface area contributed by atoms with Crippen LogP contribution >= 0.6 is 0 Å². The molecule has 2 nitrogen and oxygen atoms in total. The van der Waals surface area contributed by atoms with Gasteiger partial charge in [0.2, 0.25) is 0 Å². The number of benzene rings is 2. The second kappa shape index (κ2) is 5.49. The monoisotopic (exact) mass is 248 g/mol. The van der Waals surface area contributed by atoms with E-state index in [1.165, 1.54) is 0 Å². The molecule has 0 saturated heterocycles. The van der Waals surface area contributed by atoms with Gasteiger partial charge in [-0.3, -0.25) is 0 Å². The smallest absolute Gasteiger partial charge is 0.151 e. The Morgan fingerprint density at radius 3 is 2.22 bits per heavy atom. The summed E-state index contributed by atoms with van der Waals surface area (Å²) in [6.45, 7) is 0.460. The number of hydrogen-bond donors (Lipinski definition) is 2. The zero-order valence-corrected chi connectivity index (χ0v) is 9.79. The van der Waals surface area contributed by atoms with Crippen molar-refractivity contribution in [2.75, 3.05) is 17.6 Å². The van der Waals surface area contributed by atoms with Gasteiger partial charge in [-0.05, 0) is 24.1 Å². The molecule has 4 heteroatoms. The van der Waals surface area contributed by atoms with Crippen molar-refractivity contribution in [3.05, 3.63) is 59.7 Å². The summed E-state index contributed by atoms with van der Waals surface area (Å²) >= 11 is 0. The van der Waals surface area contributed by atoms with Crippen LogP contribution in [0.1, 0.15) is 5.56 Å². The minimum atomic E-state index is -0.666. The Morgan fingerprint density at radius 1 is 1.00 bits per heavy atom. The van der Waals surface area contributed by atoms with E-state index >= 15 is 0 Å². The van der Waals surface area contributed by atoms with Crippen molar-refractivity contribution in [3.8, 4) is 0 Å². The lowest BCUT2D eigenvalue weighted by molar-refractivity contribution is 0.589. The van der Waals surface area contributed by atoms with Crippen LogP contribution in [0, 0.1) is 11.6 Å². The molecular formula is C14H14F2N2. The highest BCUT2D eigenvalue weighted by atomic mass is 19.1. The quantitative estimate of drug-likeness (QED) is 0.815. The molecule has 0 saturated carbocycles. The lowest BCUT2D eigenvalue weighted by atomic mass is 10.1. The maximum absolute atomic E-state index is 13.5. The molecule has 0 spiro atoms. The van der Waals surface area contributed by atoms with Gasteiger partial charge < -0.3 is 11.1 Å². The van der Waals surface area contributed by atoms with Gasteiger partial charge in [0.1, 0.15) is 5.69 Å². The molecule has 0 heterocycles. The van der Waals surface area contributed by atoms with Gasteiger partial charge in [-0.2, -0.15) is 0 Å². The SMILES string of the molecule is Nc1cc(F)c(NCCc2ccccc2)c(F)c1. The Hall–Kier alpha value is -2.10. The van der Waals surface area contributed by atoms with Crippen molar-refractivity contribution in [1.29, 1.82) is 0 Å². The molecule has 0 radical (unpaired) electrons. The van der Waals surface area contributed by atoms with Crippen molar-refractivity contribution < 1.29 is 8.78 Å². The summed E-state index contributed by atoms with van der Waals surface area (Å²) in [5.74, 6) is -1.33. The number of hydrogen-bond acceptors (Lipinski definition) is 2. The summed E-state index contributed by atoms with van der Waals surface area (Å²) in [5, 5.41) is 2.75. The molecule has 3 N–H and O–H groups in total. The van der Waals surface area contributed by atoms with E-state index in [0.29, 0.717) is 13.0 Å². The van der Waals surface area contributed by atoms with Gasteiger partial charge in [0.05, 0.1) is 0 Å². The number of nitrogen functional groups attached to an aromatic ring is 1. The van der Waals surface area contributed by atoms with E-state index < -0.39 is 11.6 Å². The molecule has 0 atom stereocenters. The van der Waals surface area contributed by atoms with Gasteiger partial charge >= 0.3 is 0 Å². The standard InChI is InChI=1S/C14H14F2N2/c15-12-8-11(17)9-13(16)14(12)18-7-6-10-4-2-1-3-5-10/h1-5,8-9,18H,6-7,17H2. The number of nitrogens with two attached hydrogens (primary N) is 1. The molecule has 0 bridgehead atoms. The van der Waals surface area contributed by atoms with E-state index in [4.69, 9.17) is 5.73 Å². The third-order valence-corrected chi connectivity index (χ3v) is 2.62. The van der Waals surface area contributed by atoms with E-state index in [9.17, 15) is 8.78 Å². The van der Waals surface area contributed by atoms with Crippen LogP contribution < -0.4 is 11.1 Å². The van der Waals surface area contributed by atoms with Crippen LogP contribution in [0.2, 0.25) is 0 Å². The molecule has 0 amide bonds. The maximum Gasteiger partial charge on any atom is 0.151 e. The van der Waals surface area contributed by atoms with Crippen LogP contribution in [0.25, 0.3) is 0 Å². The normalized spacial score (nSPS) is 10.3. The van der Waals surface area contributed by atoms with Crippen LogP contribution in [0.5, 0.6) is 0 Å². The molecule has 0 aliphatic carbocycles. The Kier molecular flexibility index (Phi) is 3.77. The van der Waals surface area contributed by atoms with Crippen LogP contribution in [-0.2, 0) is 6.42 Å². The molecule has 94 valence electrons. The third-order valence-electron chi connectivity index (χ3n) is 2.62. The highest BCUT2D eigenvalue weighted by molar-refractivity contribution is 5.54. The van der Waals surface area contributed by atoms with Gasteiger partial charge in [-0.15, -0.1) is 0 Å². The van der Waals surface area contributed by atoms with Crippen LogP contribution in [-0.4, -0.2) is 6.54 Å². The van der Waals surface area contributed by atoms with Crippen molar-refractivity contribution in [2.45, 2.75) is 6.42 Å². The number of nitrogens with one attached hydrogen (secondary N) is 1. The lowest BCUT2D eigenvalue weighted by Gasteiger charge is -2.09. The Morgan fingerprint density at radius 2 is 1.61 bits per heavy atom. The minimum absolute atomic E-state index is 0.0820. The third kappa shape index (κ3) is 2.97. The fourth-order valence-electron chi connectivity index (χ4n) is 1.74. The first kappa shape index (κ1) is 12.4. The van der Waals surface area contributed by atoms with Gasteiger partial charge in [-0.1, -0.05) is 30.3 Å². The molecule has 18 heavy (non-hydrogen) atoms. The number of anilines is 2. The Labute approximate surface area is 104 Å². The number of halogens is 2. The van der Waals surface area contributed by atoms with Gasteiger partial charge in [-0.25, -0.2) is 8.78 Å². The summed E-state index contributed by atoms with van der Waals surface area (Å²) in [5.41, 5.74) is 6.41. The molecule has 0 aromatic heterocycles. The minimum Gasteiger partial charge on any atom is -0.399 e. The van der Waals surface area contributed by atoms with E-state index in [1.54, 1.807) is 0 Å². The fourth-order valence-corrected chi connectivity index (χ4v) is 1.74. The summed E-state index contributed by atoms with van der Waals surface area (Å²) in [6.07, 6.45) is 0.699. The van der Waals surface area contributed by atoms with Crippen LogP contribution in [0.3, 0.4) is 0 Å². The topological polar surface area (TPSA) is 38.0 Å². The van der Waals surface area contributed by atoms with E-state index in [1.807, 2.05) is 30.3 Å². The zero-order chi connectivity index (χ0) is 13.0. The van der Waals surface area contributed by atoms with Crippen molar-refractivity contribution in [3.63, 3.8) is 0 Å². The van der Waals surface area contributed by atoms with Crippen molar-refractivity contribution in [1.82, 2.24) is 0 Å². The highest BCUT2D eigenvalue weighted by Crippen LogP contribution is 2.21. The molecule has 2 aromatic rings. The first-order valence-electron chi connectivity index (χ1n) is 5.69. The Bertz CT molecular complexity index is 504. The maximum atomic E-state index is 13.5. The molecular weight excluding hydrogens is 234 g/mol. The van der Waals surface area contributed by atoms with Crippen LogP contribution in [0.15, 0.2) is 42.5 Å². The second-order valence-electron chi connectivity index (χ2n) is 4.02. The molecule has 0 aliphatic heterocycles. The largest absolute Gasteiger partial charge is 0.399 e. The van der Waals surface area contributed by atoms with Gasteiger partial charge in [0, 0.05) is 12.2 Å². The van der Waals surface area contributed by atoms with E-state index in [-0.39, 0.29) is 11.4 Å². The van der Waals surface area contributed by atoms with Crippen LogP contribution in [0.4, 0.5) is 20.2 Å². The Balaban J connectivity index is 1.99. The summed E-state index contributed by atoms with van der Waals surface area (Å²) in [4.78, 5) is 0. The number of rotatable bonds is 4. The molecule has 2 aromatic carbocycles. The second-order valence-corrected chi connectivity index (χ2v) is 4.02. The highest BCUT2D eigenvalue weighted by Gasteiger charge is 2.09. The zero-order valence-electron chi connectivity index (χ0n) is 9.79. The fraction of sp³-hybridized carbons (Fsp3) is 0.143. The van der Waals surface area contributed by atoms with Crippen molar-refractivity contribution >= 4 is 11.4 Å².